The fraction of sp³-hybridized carbons (Fsp3) is 0.333. The maximum atomic E-state index is 12.9. The highest BCUT2D eigenvalue weighted by molar-refractivity contribution is 5.94. The SMILES string of the molecule is CC(C)(C)c1ccc(C(=O)N2CCC(Oc3cccc4cccnc34)C2)cc1. The highest BCUT2D eigenvalue weighted by Gasteiger charge is 2.29. The molecule has 0 saturated carbocycles. The standard InChI is InChI=1S/C24H26N2O2/c1-24(2,3)19-11-9-18(10-12-19)23(27)26-15-13-20(16-26)28-21-8-4-6-17-7-5-14-25-22(17)21/h4-12,14,20H,13,15-16H2,1-3H3. The summed E-state index contributed by atoms with van der Waals surface area (Å²) < 4.78 is 6.21. The van der Waals surface area contributed by atoms with E-state index in [0.717, 1.165) is 28.6 Å². The van der Waals surface area contributed by atoms with E-state index in [2.05, 4.69) is 37.9 Å². The first kappa shape index (κ1) is 18.5. The number of amides is 1. The molecule has 1 amide bonds. The zero-order chi connectivity index (χ0) is 19.7. The van der Waals surface area contributed by atoms with Gasteiger partial charge in [0.05, 0.1) is 6.54 Å². The van der Waals surface area contributed by atoms with Gasteiger partial charge in [-0.25, -0.2) is 0 Å². The number of fused-ring (bicyclic) bond motifs is 1. The van der Waals surface area contributed by atoms with Crippen LogP contribution < -0.4 is 4.74 Å². The van der Waals surface area contributed by atoms with Crippen LogP contribution in [0.1, 0.15) is 43.1 Å². The molecular weight excluding hydrogens is 348 g/mol. The lowest BCUT2D eigenvalue weighted by Crippen LogP contribution is -2.31. The molecule has 4 heteroatoms. The highest BCUT2D eigenvalue weighted by Crippen LogP contribution is 2.27. The summed E-state index contributed by atoms with van der Waals surface area (Å²) in [6.45, 7) is 7.84. The van der Waals surface area contributed by atoms with Gasteiger partial charge in [0, 0.05) is 30.1 Å². The predicted octanol–water partition coefficient (Wildman–Crippen LogP) is 4.83. The van der Waals surface area contributed by atoms with Crippen molar-refractivity contribution in [2.75, 3.05) is 13.1 Å². The Morgan fingerprint density at radius 3 is 2.57 bits per heavy atom. The Balaban J connectivity index is 1.44. The van der Waals surface area contributed by atoms with Gasteiger partial charge in [0.25, 0.3) is 5.91 Å². The van der Waals surface area contributed by atoms with Crippen LogP contribution in [0.25, 0.3) is 10.9 Å². The molecule has 4 rings (SSSR count). The van der Waals surface area contributed by atoms with Crippen molar-refractivity contribution >= 4 is 16.8 Å². The van der Waals surface area contributed by atoms with Gasteiger partial charge in [0.1, 0.15) is 17.4 Å². The average molecular weight is 374 g/mol. The summed E-state index contributed by atoms with van der Waals surface area (Å²) in [6, 6.07) is 17.9. The number of aromatic nitrogens is 1. The summed E-state index contributed by atoms with van der Waals surface area (Å²) >= 11 is 0. The van der Waals surface area contributed by atoms with E-state index in [1.165, 1.54) is 5.56 Å². The molecule has 2 aromatic carbocycles. The Hall–Kier alpha value is -2.88. The summed E-state index contributed by atoms with van der Waals surface area (Å²) in [5, 5.41) is 1.06. The van der Waals surface area contributed by atoms with Gasteiger partial charge in [-0.05, 0) is 35.2 Å². The van der Waals surface area contributed by atoms with E-state index in [1.807, 2.05) is 47.4 Å². The molecule has 0 N–H and O–H groups in total. The Kier molecular flexibility index (Phi) is 4.80. The molecule has 2 heterocycles. The number of carbonyl (C=O) groups excluding carboxylic acids is 1. The van der Waals surface area contributed by atoms with Gasteiger partial charge in [-0.15, -0.1) is 0 Å². The molecule has 1 fully saturated rings. The summed E-state index contributed by atoms with van der Waals surface area (Å²) in [6.07, 6.45) is 2.60. The van der Waals surface area contributed by atoms with E-state index in [0.29, 0.717) is 13.1 Å². The quantitative estimate of drug-likeness (QED) is 0.660. The van der Waals surface area contributed by atoms with Crippen molar-refractivity contribution in [1.29, 1.82) is 0 Å². The molecule has 3 aromatic rings. The Labute approximate surface area is 166 Å². The van der Waals surface area contributed by atoms with E-state index in [1.54, 1.807) is 6.20 Å². The first-order valence-corrected chi connectivity index (χ1v) is 9.82. The number of nitrogens with zero attached hydrogens (tertiary/aromatic N) is 2. The average Bonchev–Trinajstić information content (AvgIpc) is 3.16. The number of ether oxygens (including phenoxy) is 1. The molecule has 1 saturated heterocycles. The normalized spacial score (nSPS) is 17.1. The molecule has 1 aliphatic heterocycles. The van der Waals surface area contributed by atoms with E-state index >= 15 is 0 Å². The second kappa shape index (κ2) is 7.27. The second-order valence-electron chi connectivity index (χ2n) is 8.44. The monoisotopic (exact) mass is 374 g/mol. The molecule has 0 bridgehead atoms. The van der Waals surface area contributed by atoms with Gasteiger partial charge in [0.2, 0.25) is 0 Å². The molecule has 0 radical (unpaired) electrons. The number of carbonyl (C=O) groups is 1. The predicted molar refractivity (Wildman–Crippen MR) is 112 cm³/mol. The molecule has 0 spiro atoms. The smallest absolute Gasteiger partial charge is 0.253 e. The van der Waals surface area contributed by atoms with Crippen LogP contribution in [0, 0.1) is 0 Å². The minimum Gasteiger partial charge on any atom is -0.486 e. The van der Waals surface area contributed by atoms with Crippen LogP contribution in [-0.4, -0.2) is 35.0 Å². The first-order chi connectivity index (χ1) is 13.4. The van der Waals surface area contributed by atoms with Crippen LogP contribution in [0.15, 0.2) is 60.8 Å². The molecule has 4 nitrogen and oxygen atoms in total. The van der Waals surface area contributed by atoms with Crippen molar-refractivity contribution in [3.63, 3.8) is 0 Å². The van der Waals surface area contributed by atoms with Gasteiger partial charge < -0.3 is 9.64 Å². The molecule has 1 unspecified atom stereocenters. The van der Waals surface area contributed by atoms with E-state index in [9.17, 15) is 4.79 Å². The van der Waals surface area contributed by atoms with Gasteiger partial charge in [0.15, 0.2) is 0 Å². The third kappa shape index (κ3) is 3.72. The van der Waals surface area contributed by atoms with Crippen LogP contribution in [0.3, 0.4) is 0 Å². The number of pyridine rings is 1. The maximum Gasteiger partial charge on any atom is 0.253 e. The van der Waals surface area contributed by atoms with Crippen molar-refractivity contribution in [2.24, 2.45) is 0 Å². The summed E-state index contributed by atoms with van der Waals surface area (Å²) in [4.78, 5) is 19.2. The molecule has 28 heavy (non-hydrogen) atoms. The first-order valence-electron chi connectivity index (χ1n) is 9.82. The van der Waals surface area contributed by atoms with Crippen LogP contribution in [-0.2, 0) is 5.41 Å². The number of likely N-dealkylation sites (tertiary alicyclic amines) is 1. The largest absolute Gasteiger partial charge is 0.486 e. The minimum atomic E-state index is -0.00888. The lowest BCUT2D eigenvalue weighted by atomic mass is 9.86. The second-order valence-corrected chi connectivity index (χ2v) is 8.44. The fourth-order valence-corrected chi connectivity index (χ4v) is 3.66. The molecule has 144 valence electrons. The van der Waals surface area contributed by atoms with Gasteiger partial charge >= 0.3 is 0 Å². The molecule has 1 aliphatic rings. The zero-order valence-electron chi connectivity index (χ0n) is 16.7. The molecule has 1 atom stereocenters. The fourth-order valence-electron chi connectivity index (χ4n) is 3.66. The van der Waals surface area contributed by atoms with Crippen molar-refractivity contribution < 1.29 is 9.53 Å². The van der Waals surface area contributed by atoms with Crippen molar-refractivity contribution in [3.05, 3.63) is 71.9 Å². The van der Waals surface area contributed by atoms with Crippen molar-refractivity contribution in [1.82, 2.24) is 9.88 Å². The summed E-state index contributed by atoms with van der Waals surface area (Å²) in [7, 11) is 0. The topological polar surface area (TPSA) is 42.4 Å². The van der Waals surface area contributed by atoms with Gasteiger partial charge in [-0.1, -0.05) is 51.1 Å². The zero-order valence-corrected chi connectivity index (χ0v) is 16.7. The van der Waals surface area contributed by atoms with Crippen LogP contribution in [0.4, 0.5) is 0 Å². The van der Waals surface area contributed by atoms with E-state index in [-0.39, 0.29) is 17.4 Å². The van der Waals surface area contributed by atoms with Crippen molar-refractivity contribution in [3.8, 4) is 5.75 Å². The third-order valence-electron chi connectivity index (χ3n) is 5.32. The Bertz CT molecular complexity index is 984. The lowest BCUT2D eigenvalue weighted by molar-refractivity contribution is 0.0772. The molecular formula is C24H26N2O2. The highest BCUT2D eigenvalue weighted by atomic mass is 16.5. The molecule has 1 aromatic heterocycles. The number of para-hydroxylation sites is 1. The number of rotatable bonds is 3. The van der Waals surface area contributed by atoms with Crippen molar-refractivity contribution in [2.45, 2.75) is 38.7 Å². The summed E-state index contributed by atoms with van der Waals surface area (Å²) in [5.74, 6) is 0.856. The van der Waals surface area contributed by atoms with E-state index in [4.69, 9.17) is 4.74 Å². The lowest BCUT2D eigenvalue weighted by Gasteiger charge is -2.20. The number of benzene rings is 2. The van der Waals surface area contributed by atoms with Gasteiger partial charge in [-0.3, -0.25) is 9.78 Å². The Morgan fingerprint density at radius 1 is 1.07 bits per heavy atom. The maximum absolute atomic E-state index is 12.9. The van der Waals surface area contributed by atoms with Gasteiger partial charge in [-0.2, -0.15) is 0 Å². The third-order valence-corrected chi connectivity index (χ3v) is 5.32. The van der Waals surface area contributed by atoms with Crippen LogP contribution in [0.2, 0.25) is 0 Å². The summed E-state index contributed by atoms with van der Waals surface area (Å²) in [5.41, 5.74) is 2.92. The van der Waals surface area contributed by atoms with E-state index < -0.39 is 0 Å². The number of hydrogen-bond acceptors (Lipinski definition) is 3. The Morgan fingerprint density at radius 2 is 1.82 bits per heavy atom. The van der Waals surface area contributed by atoms with Crippen LogP contribution >= 0.6 is 0 Å². The minimum absolute atomic E-state index is 0.00888. The number of hydrogen-bond donors (Lipinski definition) is 0. The van der Waals surface area contributed by atoms with Crippen LogP contribution in [0.5, 0.6) is 5.75 Å². The molecule has 0 aliphatic carbocycles.